The third-order valence-corrected chi connectivity index (χ3v) is 4.16. The van der Waals surface area contributed by atoms with Gasteiger partial charge in [-0.2, -0.15) is 0 Å². The van der Waals surface area contributed by atoms with Crippen LogP contribution in [0.2, 0.25) is 0 Å². The Hall–Kier alpha value is -2.12. The van der Waals surface area contributed by atoms with Gasteiger partial charge in [-0.3, -0.25) is 9.69 Å². The molecule has 0 unspecified atom stereocenters. The van der Waals surface area contributed by atoms with Gasteiger partial charge in [0.25, 0.3) is 0 Å². The van der Waals surface area contributed by atoms with Crippen molar-refractivity contribution in [2.24, 2.45) is 5.73 Å². The molecule has 2 rings (SSSR count). The largest absolute Gasteiger partial charge is 0.392 e. The maximum atomic E-state index is 12.1. The van der Waals surface area contributed by atoms with Crippen molar-refractivity contribution in [3.8, 4) is 0 Å². The van der Waals surface area contributed by atoms with Gasteiger partial charge in [0.1, 0.15) is 6.54 Å². The predicted octanol–water partition coefficient (Wildman–Crippen LogP) is -0.166. The number of nitrogens with zero attached hydrogens (tertiary/aromatic N) is 3. The second-order valence-electron chi connectivity index (χ2n) is 5.78. The quantitative estimate of drug-likeness (QED) is 0.788. The van der Waals surface area contributed by atoms with Crippen LogP contribution in [-0.2, 0) is 17.9 Å². The van der Waals surface area contributed by atoms with E-state index < -0.39 is 6.03 Å². The van der Waals surface area contributed by atoms with E-state index in [2.05, 4.69) is 4.90 Å². The molecule has 0 spiro atoms. The minimum Gasteiger partial charge on any atom is -0.392 e. The number of carbonyl (C=O) groups excluding carboxylic acids is 2. The third-order valence-electron chi connectivity index (χ3n) is 4.16. The molecule has 0 radical (unpaired) electrons. The Morgan fingerprint density at radius 2 is 1.78 bits per heavy atom. The second kappa shape index (κ2) is 7.94. The summed E-state index contributed by atoms with van der Waals surface area (Å²) in [6.45, 7) is 3.62. The Morgan fingerprint density at radius 1 is 1.17 bits per heavy atom. The monoisotopic (exact) mass is 320 g/mol. The number of aliphatic hydroxyl groups is 1. The summed E-state index contributed by atoms with van der Waals surface area (Å²) in [7, 11) is 1.52. The van der Waals surface area contributed by atoms with Crippen LogP contribution in [-0.4, -0.2) is 71.5 Å². The minimum absolute atomic E-state index is 0.0165. The molecule has 0 atom stereocenters. The van der Waals surface area contributed by atoms with Crippen LogP contribution in [0.3, 0.4) is 0 Å². The number of nitrogens with two attached hydrogens (primary N) is 1. The van der Waals surface area contributed by atoms with E-state index in [-0.39, 0.29) is 19.1 Å². The van der Waals surface area contributed by atoms with E-state index in [9.17, 15) is 14.7 Å². The molecule has 0 saturated carbocycles. The lowest BCUT2D eigenvalue weighted by molar-refractivity contribution is -0.133. The fourth-order valence-corrected chi connectivity index (χ4v) is 2.64. The van der Waals surface area contributed by atoms with Crippen LogP contribution >= 0.6 is 0 Å². The number of amides is 3. The Labute approximate surface area is 136 Å². The lowest BCUT2D eigenvalue weighted by Crippen LogP contribution is -2.51. The summed E-state index contributed by atoms with van der Waals surface area (Å²) >= 11 is 0. The van der Waals surface area contributed by atoms with Crippen LogP contribution in [0, 0.1) is 0 Å². The maximum Gasteiger partial charge on any atom is 0.314 e. The fourth-order valence-electron chi connectivity index (χ4n) is 2.64. The van der Waals surface area contributed by atoms with Gasteiger partial charge in [-0.15, -0.1) is 0 Å². The molecule has 7 nitrogen and oxygen atoms in total. The van der Waals surface area contributed by atoms with Gasteiger partial charge in [-0.25, -0.2) is 4.79 Å². The first-order chi connectivity index (χ1) is 11.0. The topological polar surface area (TPSA) is 90.1 Å². The van der Waals surface area contributed by atoms with Crippen LogP contribution in [0.15, 0.2) is 24.3 Å². The van der Waals surface area contributed by atoms with E-state index in [0.29, 0.717) is 13.1 Å². The number of rotatable bonds is 5. The van der Waals surface area contributed by atoms with Crippen molar-refractivity contribution in [2.75, 3.05) is 39.8 Å². The van der Waals surface area contributed by atoms with Crippen molar-refractivity contribution < 1.29 is 14.7 Å². The molecule has 0 bridgehead atoms. The van der Waals surface area contributed by atoms with E-state index in [0.717, 1.165) is 30.8 Å². The highest BCUT2D eigenvalue weighted by atomic mass is 16.3. The van der Waals surface area contributed by atoms with Gasteiger partial charge >= 0.3 is 6.03 Å². The molecule has 1 aliphatic rings. The normalized spacial score (nSPS) is 15.5. The summed E-state index contributed by atoms with van der Waals surface area (Å²) in [5.41, 5.74) is 7.19. The SMILES string of the molecule is CN(CC(=O)N1CCN(Cc2ccccc2CO)CC1)C(N)=O. The Kier molecular flexibility index (Phi) is 5.95. The number of urea groups is 1. The molecule has 1 aromatic carbocycles. The van der Waals surface area contributed by atoms with Gasteiger partial charge in [0, 0.05) is 39.8 Å². The van der Waals surface area contributed by atoms with Gasteiger partial charge in [0.05, 0.1) is 6.61 Å². The summed E-state index contributed by atoms with van der Waals surface area (Å²) in [6, 6.07) is 7.23. The van der Waals surface area contributed by atoms with Gasteiger partial charge in [0.2, 0.25) is 5.91 Å². The summed E-state index contributed by atoms with van der Waals surface area (Å²) in [6.07, 6.45) is 0. The van der Waals surface area contributed by atoms with Crippen LogP contribution in [0.1, 0.15) is 11.1 Å². The molecule has 1 saturated heterocycles. The molecule has 0 aromatic heterocycles. The van der Waals surface area contributed by atoms with Crippen molar-refractivity contribution >= 4 is 11.9 Å². The number of primary amides is 1. The maximum absolute atomic E-state index is 12.1. The number of piperazine rings is 1. The van der Waals surface area contributed by atoms with Crippen molar-refractivity contribution in [2.45, 2.75) is 13.2 Å². The zero-order chi connectivity index (χ0) is 16.8. The zero-order valence-corrected chi connectivity index (χ0v) is 13.4. The van der Waals surface area contributed by atoms with E-state index in [4.69, 9.17) is 5.73 Å². The van der Waals surface area contributed by atoms with Crippen molar-refractivity contribution in [3.63, 3.8) is 0 Å². The number of carbonyl (C=O) groups is 2. The Balaban J connectivity index is 1.84. The fraction of sp³-hybridized carbons (Fsp3) is 0.500. The molecule has 1 fully saturated rings. The number of aliphatic hydroxyl groups excluding tert-OH is 1. The molecule has 7 heteroatoms. The standard InChI is InChI=1S/C16H24N4O3/c1-18(16(17)23)11-15(22)20-8-6-19(7-9-20)10-13-4-2-3-5-14(13)12-21/h2-5,21H,6-12H2,1H3,(H2,17,23). The van der Waals surface area contributed by atoms with Gasteiger partial charge in [-0.1, -0.05) is 24.3 Å². The Bertz CT molecular complexity index is 556. The van der Waals surface area contributed by atoms with Crippen molar-refractivity contribution in [1.82, 2.24) is 14.7 Å². The first kappa shape index (κ1) is 17.2. The molecular weight excluding hydrogens is 296 g/mol. The second-order valence-corrected chi connectivity index (χ2v) is 5.78. The Morgan fingerprint density at radius 3 is 2.35 bits per heavy atom. The van der Waals surface area contributed by atoms with E-state index in [1.165, 1.54) is 11.9 Å². The number of likely N-dealkylation sites (N-methyl/N-ethyl adjacent to an activating group) is 1. The highest BCUT2D eigenvalue weighted by molar-refractivity contribution is 5.83. The van der Waals surface area contributed by atoms with Gasteiger partial charge in [0.15, 0.2) is 0 Å². The predicted molar refractivity (Wildman–Crippen MR) is 86.4 cm³/mol. The van der Waals surface area contributed by atoms with Gasteiger partial charge in [-0.05, 0) is 11.1 Å². The van der Waals surface area contributed by atoms with Crippen molar-refractivity contribution in [1.29, 1.82) is 0 Å². The molecule has 126 valence electrons. The number of hydrogen-bond donors (Lipinski definition) is 2. The van der Waals surface area contributed by atoms with Crippen LogP contribution in [0.5, 0.6) is 0 Å². The molecule has 23 heavy (non-hydrogen) atoms. The third kappa shape index (κ3) is 4.67. The van der Waals surface area contributed by atoms with Gasteiger partial charge < -0.3 is 20.6 Å². The molecule has 1 aromatic rings. The molecule has 3 amide bonds. The molecule has 0 aliphatic carbocycles. The molecule has 1 aliphatic heterocycles. The van der Waals surface area contributed by atoms with E-state index in [1.807, 2.05) is 24.3 Å². The highest BCUT2D eigenvalue weighted by Gasteiger charge is 2.22. The number of hydrogen-bond acceptors (Lipinski definition) is 4. The minimum atomic E-state index is -0.599. The van der Waals surface area contributed by atoms with Crippen LogP contribution in [0.25, 0.3) is 0 Å². The van der Waals surface area contributed by atoms with E-state index in [1.54, 1.807) is 4.90 Å². The lowest BCUT2D eigenvalue weighted by Gasteiger charge is -2.35. The summed E-state index contributed by atoms with van der Waals surface area (Å²) in [5, 5.41) is 9.38. The molecular formula is C16H24N4O3. The first-order valence-electron chi connectivity index (χ1n) is 7.69. The van der Waals surface area contributed by atoms with E-state index >= 15 is 0 Å². The lowest BCUT2D eigenvalue weighted by atomic mass is 10.1. The molecule has 3 N–H and O–H groups in total. The summed E-state index contributed by atoms with van der Waals surface area (Å²) < 4.78 is 0. The average molecular weight is 320 g/mol. The smallest absolute Gasteiger partial charge is 0.314 e. The molecule has 1 heterocycles. The number of benzene rings is 1. The van der Waals surface area contributed by atoms with Crippen LogP contribution in [0.4, 0.5) is 4.79 Å². The van der Waals surface area contributed by atoms with Crippen molar-refractivity contribution in [3.05, 3.63) is 35.4 Å². The van der Waals surface area contributed by atoms with Crippen LogP contribution < -0.4 is 5.73 Å². The zero-order valence-electron chi connectivity index (χ0n) is 13.4. The first-order valence-corrected chi connectivity index (χ1v) is 7.69. The average Bonchev–Trinajstić information content (AvgIpc) is 2.55. The highest BCUT2D eigenvalue weighted by Crippen LogP contribution is 2.13. The summed E-state index contributed by atoms with van der Waals surface area (Å²) in [4.78, 5) is 28.3. The summed E-state index contributed by atoms with van der Waals surface area (Å²) in [5.74, 6) is -0.0818.